The van der Waals surface area contributed by atoms with Gasteiger partial charge in [-0.25, -0.2) is 18.0 Å². The maximum absolute atomic E-state index is 14.4. The van der Waals surface area contributed by atoms with Crippen LogP contribution >= 0.6 is 11.6 Å². The number of ether oxygens (including phenoxy) is 1. The molecule has 9 nitrogen and oxygen atoms in total. The molecule has 2 aliphatic rings. The fourth-order valence-corrected chi connectivity index (χ4v) is 4.94. The van der Waals surface area contributed by atoms with Gasteiger partial charge in [0.2, 0.25) is 5.91 Å². The number of halogens is 4. The minimum atomic E-state index is -2.88. The summed E-state index contributed by atoms with van der Waals surface area (Å²) in [5.41, 5.74) is 0.291. The normalized spacial score (nSPS) is 20.5. The predicted octanol–water partition coefficient (Wildman–Crippen LogP) is 3.89. The summed E-state index contributed by atoms with van der Waals surface area (Å²) >= 11 is 6.48. The molecule has 1 aliphatic carbocycles. The summed E-state index contributed by atoms with van der Waals surface area (Å²) in [4.78, 5) is 29.4. The summed E-state index contributed by atoms with van der Waals surface area (Å²) in [6.45, 7) is 0.828. The van der Waals surface area contributed by atoms with Crippen molar-refractivity contribution in [1.29, 1.82) is 0 Å². The Hall–Kier alpha value is -3.06. The Morgan fingerprint density at radius 2 is 1.89 bits per heavy atom. The number of alkyl halides is 2. The molecule has 0 spiro atoms. The average molecular weight is 556 g/mol. The van der Waals surface area contributed by atoms with Gasteiger partial charge in [0.25, 0.3) is 5.92 Å². The Balaban J connectivity index is 1.81. The van der Waals surface area contributed by atoms with Crippen molar-refractivity contribution in [3.05, 3.63) is 64.9 Å². The number of carbonyl (C=O) groups is 2. The minimum Gasteiger partial charge on any atom is -0.453 e. The number of amides is 2. The number of likely N-dealkylation sites (N-methyl/N-ethyl adjacent to an activating group) is 1. The summed E-state index contributed by atoms with van der Waals surface area (Å²) < 4.78 is 46.4. The van der Waals surface area contributed by atoms with Gasteiger partial charge in [-0.05, 0) is 31.3 Å². The van der Waals surface area contributed by atoms with E-state index in [1.165, 1.54) is 36.3 Å². The van der Waals surface area contributed by atoms with Gasteiger partial charge in [0.1, 0.15) is 12.0 Å². The van der Waals surface area contributed by atoms with E-state index in [2.05, 4.69) is 5.32 Å². The fourth-order valence-electron chi connectivity index (χ4n) is 4.70. The molecule has 0 unspecified atom stereocenters. The molecule has 1 saturated carbocycles. The number of nitrogens with zero attached hydrogens (tertiary/aromatic N) is 4. The van der Waals surface area contributed by atoms with E-state index >= 15 is 0 Å². The zero-order valence-electron chi connectivity index (χ0n) is 20.9. The Bertz CT molecular complexity index is 1170. The van der Waals surface area contributed by atoms with Gasteiger partial charge in [0, 0.05) is 49.1 Å². The number of anilines is 1. The van der Waals surface area contributed by atoms with E-state index in [1.54, 1.807) is 25.2 Å². The van der Waals surface area contributed by atoms with Crippen LogP contribution in [0.1, 0.15) is 24.4 Å². The van der Waals surface area contributed by atoms with Crippen LogP contribution < -0.4 is 10.3 Å². The molecule has 1 saturated heterocycles. The molecular weight excluding hydrogens is 527 g/mol. The fraction of sp³-hybridized carbons (Fsp3) is 0.440. The van der Waals surface area contributed by atoms with Crippen LogP contribution in [-0.4, -0.2) is 84.1 Å². The number of hydroxylamine groups is 1. The molecule has 2 fully saturated rings. The summed E-state index contributed by atoms with van der Waals surface area (Å²) in [6.07, 6.45) is -2.83. The summed E-state index contributed by atoms with van der Waals surface area (Å²) in [7, 11) is 3.00. The molecule has 38 heavy (non-hydrogen) atoms. The average Bonchev–Trinajstić information content (AvgIpc) is 2.85. The van der Waals surface area contributed by atoms with E-state index in [-0.39, 0.29) is 29.4 Å². The third-order valence-electron chi connectivity index (χ3n) is 6.66. The molecule has 2 amide bonds. The van der Waals surface area contributed by atoms with Gasteiger partial charge < -0.3 is 15.0 Å². The lowest BCUT2D eigenvalue weighted by Crippen LogP contribution is -2.65. The number of benzene rings is 2. The molecule has 2 aromatic carbocycles. The highest BCUT2D eigenvalue weighted by molar-refractivity contribution is 6.31. The number of rotatable bonds is 7. The van der Waals surface area contributed by atoms with Crippen molar-refractivity contribution in [1.82, 2.24) is 20.3 Å². The number of carbonyl (C=O) groups excluding carboxylic acids is 2. The standard InChI is InChI=1S/C25H29ClF3N5O4/c1-31-10-11-32(24(36)38-2)21(15-31)34(37)33(18-7-5-6-16(27)12-18)22(19-8-3-4-9-20(19)26)23(35)30-17-13-25(28,29)14-17/h3-9,12,17,21-22,37H,10-11,13-15H2,1-2H3,(H,30,35)/t21-,22+/m1/s1. The van der Waals surface area contributed by atoms with Crippen molar-refractivity contribution < 1.29 is 32.7 Å². The number of hydrazine groups is 1. The predicted molar refractivity (Wildman–Crippen MR) is 133 cm³/mol. The smallest absolute Gasteiger partial charge is 0.410 e. The lowest BCUT2D eigenvalue weighted by molar-refractivity contribution is -0.194. The number of methoxy groups -OCH3 is 1. The Labute approximate surface area is 223 Å². The van der Waals surface area contributed by atoms with Gasteiger partial charge in [-0.2, -0.15) is 0 Å². The number of hydrogen-bond donors (Lipinski definition) is 2. The largest absolute Gasteiger partial charge is 0.453 e. The van der Waals surface area contributed by atoms with Crippen molar-refractivity contribution in [3.8, 4) is 0 Å². The van der Waals surface area contributed by atoms with E-state index in [0.29, 0.717) is 11.7 Å². The molecule has 4 rings (SSSR count). The van der Waals surface area contributed by atoms with Gasteiger partial charge in [-0.3, -0.25) is 19.9 Å². The first-order valence-corrected chi connectivity index (χ1v) is 12.4. The third-order valence-corrected chi connectivity index (χ3v) is 7.00. The lowest BCUT2D eigenvalue weighted by Gasteiger charge is -2.47. The molecule has 1 heterocycles. The first-order chi connectivity index (χ1) is 18.0. The molecule has 13 heteroatoms. The molecule has 0 bridgehead atoms. The van der Waals surface area contributed by atoms with Crippen molar-refractivity contribution in [2.75, 3.05) is 38.8 Å². The summed E-state index contributed by atoms with van der Waals surface area (Å²) in [5, 5.41) is 16.2. The molecule has 0 aromatic heterocycles. The number of piperazine rings is 1. The highest BCUT2D eigenvalue weighted by Crippen LogP contribution is 2.39. The molecule has 2 atom stereocenters. The highest BCUT2D eigenvalue weighted by Gasteiger charge is 2.48. The zero-order chi connectivity index (χ0) is 27.6. The Kier molecular flexibility index (Phi) is 8.36. The minimum absolute atomic E-state index is 0.0598. The summed E-state index contributed by atoms with van der Waals surface area (Å²) in [5.74, 6) is -4.27. The molecule has 2 N–H and O–H groups in total. The van der Waals surface area contributed by atoms with Crippen LogP contribution in [-0.2, 0) is 9.53 Å². The van der Waals surface area contributed by atoms with Crippen LogP contribution in [0.2, 0.25) is 5.02 Å². The third kappa shape index (κ3) is 5.98. The van der Waals surface area contributed by atoms with Gasteiger partial charge in [0.15, 0.2) is 6.04 Å². The van der Waals surface area contributed by atoms with Gasteiger partial charge in [-0.15, -0.1) is 0 Å². The topological polar surface area (TPSA) is 88.6 Å². The van der Waals surface area contributed by atoms with E-state index in [1.807, 2.05) is 4.90 Å². The highest BCUT2D eigenvalue weighted by atomic mass is 35.5. The Morgan fingerprint density at radius 1 is 1.18 bits per heavy atom. The number of nitrogens with one attached hydrogen (secondary N) is 1. The maximum atomic E-state index is 14.4. The second-order valence-electron chi connectivity index (χ2n) is 9.44. The van der Waals surface area contributed by atoms with Crippen LogP contribution in [0.25, 0.3) is 0 Å². The first kappa shape index (κ1) is 28.0. The molecule has 0 radical (unpaired) electrons. The van der Waals surface area contributed by atoms with Crippen molar-refractivity contribution in [2.45, 2.75) is 37.0 Å². The number of hydrogen-bond acceptors (Lipinski definition) is 7. The maximum Gasteiger partial charge on any atom is 0.410 e. The zero-order valence-corrected chi connectivity index (χ0v) is 21.6. The Morgan fingerprint density at radius 3 is 2.53 bits per heavy atom. The van der Waals surface area contributed by atoms with Gasteiger partial charge >= 0.3 is 6.09 Å². The lowest BCUT2D eigenvalue weighted by atomic mass is 9.88. The van der Waals surface area contributed by atoms with E-state index in [0.717, 1.165) is 11.1 Å². The van der Waals surface area contributed by atoms with Crippen LogP contribution in [0.5, 0.6) is 0 Å². The molecule has 2 aromatic rings. The van der Waals surface area contributed by atoms with E-state index in [9.17, 15) is 28.0 Å². The second kappa shape index (κ2) is 11.4. The van der Waals surface area contributed by atoms with Crippen LogP contribution in [0, 0.1) is 5.82 Å². The molecule has 1 aliphatic heterocycles. The quantitative estimate of drug-likeness (QED) is 0.501. The van der Waals surface area contributed by atoms with Crippen molar-refractivity contribution in [2.24, 2.45) is 0 Å². The molecule has 206 valence electrons. The van der Waals surface area contributed by atoms with Crippen LogP contribution in [0.3, 0.4) is 0 Å². The molecular formula is C25H29ClF3N5O4. The van der Waals surface area contributed by atoms with Gasteiger partial charge in [-0.1, -0.05) is 41.0 Å². The van der Waals surface area contributed by atoms with Crippen molar-refractivity contribution in [3.63, 3.8) is 0 Å². The monoisotopic (exact) mass is 555 g/mol. The second-order valence-corrected chi connectivity index (χ2v) is 9.85. The van der Waals surface area contributed by atoms with Crippen molar-refractivity contribution >= 4 is 29.3 Å². The van der Waals surface area contributed by atoms with Crippen LogP contribution in [0.4, 0.5) is 23.7 Å². The SMILES string of the molecule is COC(=O)N1CCN(C)C[C@H]1N(O)N(c1cccc(F)c1)[C@H](C(=O)NC1CC(F)(F)C1)c1ccccc1Cl. The first-order valence-electron chi connectivity index (χ1n) is 12.0. The van der Waals surface area contributed by atoms with Crippen LogP contribution in [0.15, 0.2) is 48.5 Å². The van der Waals surface area contributed by atoms with Gasteiger partial charge in [0.05, 0.1) is 12.8 Å². The summed E-state index contributed by atoms with van der Waals surface area (Å²) in [6, 6.07) is 9.30. The van der Waals surface area contributed by atoms with E-state index < -0.39 is 54.8 Å². The van der Waals surface area contributed by atoms with E-state index in [4.69, 9.17) is 16.3 Å².